The third kappa shape index (κ3) is 3.73. The van der Waals surface area contributed by atoms with E-state index in [1.54, 1.807) is 34.4 Å². The zero-order chi connectivity index (χ0) is 20.8. The predicted molar refractivity (Wildman–Crippen MR) is 129 cm³/mol. The van der Waals surface area contributed by atoms with Gasteiger partial charge in [-0.2, -0.15) is 0 Å². The van der Waals surface area contributed by atoms with Crippen LogP contribution in [0.4, 0.5) is 0 Å². The van der Waals surface area contributed by atoms with Gasteiger partial charge in [0.25, 0.3) is 5.56 Å². The molecule has 6 rings (SSSR count). The molecule has 1 unspecified atom stereocenters. The van der Waals surface area contributed by atoms with Crippen LogP contribution in [0.15, 0.2) is 34.2 Å². The first-order valence-corrected chi connectivity index (χ1v) is 13.5. The van der Waals surface area contributed by atoms with Gasteiger partial charge in [-0.1, -0.05) is 23.9 Å². The third-order valence-electron chi connectivity index (χ3n) is 6.11. The summed E-state index contributed by atoms with van der Waals surface area (Å²) >= 11 is 5.06. The van der Waals surface area contributed by atoms with Crippen molar-refractivity contribution in [2.45, 2.75) is 62.1 Å². The quantitative estimate of drug-likeness (QED) is 0.289. The maximum Gasteiger partial charge on any atom is 0.263 e. The number of benzene rings is 1. The van der Waals surface area contributed by atoms with Crippen LogP contribution in [-0.4, -0.2) is 27.2 Å². The Labute approximate surface area is 192 Å². The van der Waals surface area contributed by atoms with Crippen LogP contribution >= 0.6 is 34.4 Å². The number of hydrogen-bond donors (Lipinski definition) is 0. The lowest BCUT2D eigenvalue weighted by molar-refractivity contribution is 0.0937. The lowest BCUT2D eigenvalue weighted by Crippen LogP contribution is -2.29. The average Bonchev–Trinajstić information content (AvgIpc) is 3.52. The van der Waals surface area contributed by atoms with Crippen molar-refractivity contribution in [2.24, 2.45) is 0 Å². The molecule has 0 radical (unpaired) electrons. The number of thiophene rings is 1. The summed E-state index contributed by atoms with van der Waals surface area (Å²) in [6.07, 6.45) is 6.64. The van der Waals surface area contributed by atoms with E-state index in [0.29, 0.717) is 12.3 Å². The van der Waals surface area contributed by atoms with Gasteiger partial charge in [0.05, 0.1) is 34.0 Å². The van der Waals surface area contributed by atoms with Crippen molar-refractivity contribution in [1.82, 2.24) is 14.5 Å². The Hall–Kier alpha value is -1.74. The van der Waals surface area contributed by atoms with Gasteiger partial charge in [0, 0.05) is 11.5 Å². The summed E-state index contributed by atoms with van der Waals surface area (Å²) in [6.45, 7) is 1.38. The molecule has 3 aromatic heterocycles. The molecule has 0 spiro atoms. The Bertz CT molecular complexity index is 1280. The first-order chi connectivity index (χ1) is 15.3. The summed E-state index contributed by atoms with van der Waals surface area (Å²) in [5.41, 5.74) is 2.41. The number of aromatic nitrogens is 3. The van der Waals surface area contributed by atoms with E-state index in [9.17, 15) is 4.79 Å². The minimum atomic E-state index is 0.105. The topological polar surface area (TPSA) is 57.0 Å². The second-order valence-electron chi connectivity index (χ2n) is 8.20. The molecular formula is C23H23N3O2S3. The zero-order valence-electron chi connectivity index (χ0n) is 17.1. The van der Waals surface area contributed by atoms with Crippen molar-refractivity contribution in [2.75, 3.05) is 6.61 Å². The number of fused-ring (bicyclic) bond motifs is 4. The van der Waals surface area contributed by atoms with Gasteiger partial charge >= 0.3 is 0 Å². The Balaban J connectivity index is 1.39. The van der Waals surface area contributed by atoms with Crippen molar-refractivity contribution in [1.29, 1.82) is 0 Å². The number of aryl methyl sites for hydroxylation is 2. The number of thioether (sulfide) groups is 1. The van der Waals surface area contributed by atoms with E-state index in [4.69, 9.17) is 14.7 Å². The molecule has 0 saturated carbocycles. The molecule has 4 heterocycles. The van der Waals surface area contributed by atoms with Crippen LogP contribution in [0.5, 0.6) is 0 Å². The maximum atomic E-state index is 13.7. The largest absolute Gasteiger partial charge is 0.376 e. The third-order valence-corrected chi connectivity index (χ3v) is 9.51. The number of thiazole rings is 1. The van der Waals surface area contributed by atoms with Crippen LogP contribution in [0.1, 0.15) is 41.1 Å². The standard InChI is InChI=1S/C23H23N3O2S3/c27-22-20-15-7-1-3-9-17(15)31-21(20)25-23(26(22)12-14-6-5-11-28-14)29-13-19-24-16-8-2-4-10-18(16)30-19/h2,4,8,10,14H,1,3,5-7,9,11-13H2. The number of rotatable bonds is 5. The maximum absolute atomic E-state index is 13.7. The van der Waals surface area contributed by atoms with Crippen LogP contribution < -0.4 is 5.56 Å². The molecule has 1 fully saturated rings. The molecule has 0 N–H and O–H groups in total. The van der Waals surface area contributed by atoms with Gasteiger partial charge in [0.2, 0.25) is 0 Å². The van der Waals surface area contributed by atoms with Gasteiger partial charge < -0.3 is 4.74 Å². The minimum Gasteiger partial charge on any atom is -0.376 e. The summed E-state index contributed by atoms with van der Waals surface area (Å²) in [5, 5.41) is 2.72. The predicted octanol–water partition coefficient (Wildman–Crippen LogP) is 5.42. The summed E-state index contributed by atoms with van der Waals surface area (Å²) in [4.78, 5) is 25.7. The molecule has 160 valence electrons. The highest BCUT2D eigenvalue weighted by molar-refractivity contribution is 7.98. The Morgan fingerprint density at radius 1 is 1.13 bits per heavy atom. The average molecular weight is 470 g/mol. The fourth-order valence-corrected chi connectivity index (χ4v) is 7.86. The Kier molecular flexibility index (Phi) is 5.34. The molecule has 2 aliphatic rings. The molecule has 1 aliphatic heterocycles. The molecule has 31 heavy (non-hydrogen) atoms. The zero-order valence-corrected chi connectivity index (χ0v) is 19.6. The molecule has 0 bridgehead atoms. The molecule has 4 aromatic rings. The van der Waals surface area contributed by atoms with Crippen molar-refractivity contribution in [3.05, 3.63) is 50.1 Å². The van der Waals surface area contributed by atoms with Crippen LogP contribution in [0, 0.1) is 0 Å². The molecule has 0 amide bonds. The van der Waals surface area contributed by atoms with Gasteiger partial charge in [-0.25, -0.2) is 9.97 Å². The molecule has 8 heteroatoms. The monoisotopic (exact) mass is 469 g/mol. The second kappa shape index (κ2) is 8.31. The van der Waals surface area contributed by atoms with Crippen molar-refractivity contribution < 1.29 is 4.74 Å². The summed E-state index contributed by atoms with van der Waals surface area (Å²) < 4.78 is 8.96. The first kappa shape index (κ1) is 19.9. The number of nitrogens with zero attached hydrogens (tertiary/aromatic N) is 3. The van der Waals surface area contributed by atoms with E-state index in [2.05, 4.69) is 6.07 Å². The molecule has 1 aromatic carbocycles. The highest BCUT2D eigenvalue weighted by Crippen LogP contribution is 2.35. The normalized spacial score (nSPS) is 18.8. The van der Waals surface area contributed by atoms with Gasteiger partial charge in [0.15, 0.2) is 5.16 Å². The van der Waals surface area contributed by atoms with E-state index in [-0.39, 0.29) is 11.7 Å². The molecular weight excluding hydrogens is 446 g/mol. The van der Waals surface area contributed by atoms with Gasteiger partial charge in [-0.05, 0) is 56.2 Å². The van der Waals surface area contributed by atoms with Gasteiger partial charge in [-0.3, -0.25) is 9.36 Å². The number of ether oxygens (including phenoxy) is 1. The van der Waals surface area contributed by atoms with Crippen LogP contribution in [0.3, 0.4) is 0 Å². The van der Waals surface area contributed by atoms with Crippen LogP contribution in [0.25, 0.3) is 20.4 Å². The number of hydrogen-bond acceptors (Lipinski definition) is 7. The van der Waals surface area contributed by atoms with Gasteiger partial charge in [0.1, 0.15) is 9.84 Å². The summed E-state index contributed by atoms with van der Waals surface area (Å²) in [5.74, 6) is 0.716. The fraction of sp³-hybridized carbons (Fsp3) is 0.435. The Morgan fingerprint density at radius 3 is 2.90 bits per heavy atom. The van der Waals surface area contributed by atoms with Crippen molar-refractivity contribution in [3.63, 3.8) is 0 Å². The first-order valence-electron chi connectivity index (χ1n) is 10.9. The SMILES string of the molecule is O=c1c2c3c(sc2nc(SCc2nc4ccccc4s2)n1CC1CCCO1)CCCC3. The molecule has 5 nitrogen and oxygen atoms in total. The number of para-hydroxylation sites is 1. The fourth-order valence-electron chi connectivity index (χ4n) is 4.59. The lowest BCUT2D eigenvalue weighted by Gasteiger charge is -2.16. The summed E-state index contributed by atoms with van der Waals surface area (Å²) in [7, 11) is 0. The van der Waals surface area contributed by atoms with Crippen molar-refractivity contribution in [3.8, 4) is 0 Å². The highest BCUT2D eigenvalue weighted by atomic mass is 32.2. The smallest absolute Gasteiger partial charge is 0.263 e. The lowest BCUT2D eigenvalue weighted by atomic mass is 9.97. The molecule has 1 aliphatic carbocycles. The van der Waals surface area contributed by atoms with E-state index >= 15 is 0 Å². The Morgan fingerprint density at radius 2 is 2.03 bits per heavy atom. The van der Waals surface area contributed by atoms with Crippen LogP contribution in [-0.2, 0) is 29.9 Å². The highest BCUT2D eigenvalue weighted by Gasteiger charge is 2.25. The summed E-state index contributed by atoms with van der Waals surface area (Å²) in [6, 6.07) is 8.22. The van der Waals surface area contributed by atoms with Crippen molar-refractivity contribution >= 4 is 54.9 Å². The minimum absolute atomic E-state index is 0.105. The van der Waals surface area contributed by atoms with E-state index in [0.717, 1.165) is 64.6 Å². The van der Waals surface area contributed by atoms with E-state index < -0.39 is 0 Å². The van der Waals surface area contributed by atoms with E-state index in [1.165, 1.54) is 21.6 Å². The van der Waals surface area contributed by atoms with Crippen LogP contribution in [0.2, 0.25) is 0 Å². The van der Waals surface area contributed by atoms with Gasteiger partial charge in [-0.15, -0.1) is 22.7 Å². The molecule has 1 atom stereocenters. The second-order valence-corrected chi connectivity index (χ2v) is 11.3. The van der Waals surface area contributed by atoms with E-state index in [1.807, 2.05) is 22.8 Å². The molecule has 1 saturated heterocycles.